The van der Waals surface area contributed by atoms with Crippen LogP contribution in [0.4, 0.5) is 0 Å². The van der Waals surface area contributed by atoms with Crippen LogP contribution in [0.15, 0.2) is 22.7 Å². The Kier molecular flexibility index (Phi) is 8.00. The van der Waals surface area contributed by atoms with E-state index in [2.05, 4.69) is 15.9 Å². The molecule has 1 aromatic rings. The van der Waals surface area contributed by atoms with E-state index in [0.717, 1.165) is 28.8 Å². The summed E-state index contributed by atoms with van der Waals surface area (Å²) >= 11 is 3.45. The molecule has 5 heteroatoms. The molecular weight excluding hydrogens is 298 g/mol. The lowest BCUT2D eigenvalue weighted by Gasteiger charge is -2.09. The van der Waals surface area contributed by atoms with Crippen LogP contribution < -0.4 is 10.5 Å². The summed E-state index contributed by atoms with van der Waals surface area (Å²) in [6.07, 6.45) is 0.910. The zero-order chi connectivity index (χ0) is 13.2. The van der Waals surface area contributed by atoms with Crippen LogP contribution in [0.25, 0.3) is 0 Å². The van der Waals surface area contributed by atoms with E-state index in [0.29, 0.717) is 26.4 Å². The second-order valence-corrected chi connectivity index (χ2v) is 4.62. The fraction of sp³-hybridized carbons (Fsp3) is 0.538. The van der Waals surface area contributed by atoms with Crippen LogP contribution in [0.1, 0.15) is 12.0 Å². The molecule has 1 aromatic carbocycles. The number of benzene rings is 1. The maximum atomic E-state index is 5.58. The van der Waals surface area contributed by atoms with Crippen LogP contribution >= 0.6 is 15.9 Å². The Morgan fingerprint density at radius 2 is 2.00 bits per heavy atom. The highest BCUT2D eigenvalue weighted by molar-refractivity contribution is 9.10. The van der Waals surface area contributed by atoms with Gasteiger partial charge in [-0.3, -0.25) is 0 Å². The van der Waals surface area contributed by atoms with Crippen LogP contribution in [0.3, 0.4) is 0 Å². The van der Waals surface area contributed by atoms with Gasteiger partial charge in [0.05, 0.1) is 6.61 Å². The molecule has 0 bridgehead atoms. The van der Waals surface area contributed by atoms with Crippen molar-refractivity contribution in [3.05, 3.63) is 28.2 Å². The van der Waals surface area contributed by atoms with Gasteiger partial charge in [0.2, 0.25) is 0 Å². The van der Waals surface area contributed by atoms with Crippen molar-refractivity contribution < 1.29 is 14.2 Å². The third-order valence-electron chi connectivity index (χ3n) is 2.38. The van der Waals surface area contributed by atoms with Gasteiger partial charge < -0.3 is 19.9 Å². The first-order valence-corrected chi connectivity index (χ1v) is 6.75. The monoisotopic (exact) mass is 317 g/mol. The summed E-state index contributed by atoms with van der Waals surface area (Å²) in [5, 5.41) is 0. The van der Waals surface area contributed by atoms with E-state index in [-0.39, 0.29) is 0 Å². The second-order valence-electron chi connectivity index (χ2n) is 3.76. The minimum Gasteiger partial charge on any atom is -0.491 e. The number of ether oxygens (including phenoxy) is 3. The van der Waals surface area contributed by atoms with Gasteiger partial charge in [-0.1, -0.05) is 22.0 Å². The summed E-state index contributed by atoms with van der Waals surface area (Å²) in [6.45, 7) is 3.08. The standard InChI is InChI=1S/C13H20BrNO3/c1-16-5-2-6-17-7-8-18-12-4-3-11(10-15)13(14)9-12/h3-4,9H,2,5-8,10,15H2,1H3. The smallest absolute Gasteiger partial charge is 0.120 e. The Morgan fingerprint density at radius 1 is 1.17 bits per heavy atom. The molecule has 0 saturated heterocycles. The van der Waals surface area contributed by atoms with Crippen molar-refractivity contribution in [2.45, 2.75) is 13.0 Å². The average molecular weight is 318 g/mol. The highest BCUT2D eigenvalue weighted by Gasteiger charge is 2.00. The molecule has 0 aliphatic carbocycles. The van der Waals surface area contributed by atoms with Gasteiger partial charge in [0.25, 0.3) is 0 Å². The Labute approximate surface area is 117 Å². The summed E-state index contributed by atoms with van der Waals surface area (Å²) in [7, 11) is 1.69. The van der Waals surface area contributed by atoms with Gasteiger partial charge in [0, 0.05) is 31.3 Å². The van der Waals surface area contributed by atoms with Crippen LogP contribution in [-0.4, -0.2) is 33.5 Å². The molecule has 0 heterocycles. The van der Waals surface area contributed by atoms with Crippen LogP contribution in [-0.2, 0) is 16.0 Å². The third kappa shape index (κ3) is 5.82. The Hall–Kier alpha value is -0.620. The van der Waals surface area contributed by atoms with Crippen molar-refractivity contribution in [1.82, 2.24) is 0 Å². The van der Waals surface area contributed by atoms with Crippen molar-refractivity contribution >= 4 is 15.9 Å². The molecule has 0 spiro atoms. The van der Waals surface area contributed by atoms with Gasteiger partial charge in [-0.05, 0) is 24.1 Å². The summed E-state index contributed by atoms with van der Waals surface area (Å²) in [5.41, 5.74) is 6.65. The molecule has 0 aliphatic heterocycles. The summed E-state index contributed by atoms with van der Waals surface area (Å²) in [4.78, 5) is 0. The predicted molar refractivity (Wildman–Crippen MR) is 74.8 cm³/mol. The normalized spacial score (nSPS) is 10.6. The first-order chi connectivity index (χ1) is 8.77. The lowest BCUT2D eigenvalue weighted by molar-refractivity contribution is 0.0806. The van der Waals surface area contributed by atoms with Gasteiger partial charge in [-0.2, -0.15) is 0 Å². The maximum Gasteiger partial charge on any atom is 0.120 e. The van der Waals surface area contributed by atoms with E-state index in [4.69, 9.17) is 19.9 Å². The molecule has 102 valence electrons. The van der Waals surface area contributed by atoms with Gasteiger partial charge >= 0.3 is 0 Å². The van der Waals surface area contributed by atoms with E-state index < -0.39 is 0 Å². The van der Waals surface area contributed by atoms with Crippen molar-refractivity contribution in [1.29, 1.82) is 0 Å². The molecule has 2 N–H and O–H groups in total. The molecule has 1 rings (SSSR count). The van der Waals surface area contributed by atoms with Crippen LogP contribution in [0.2, 0.25) is 0 Å². The third-order valence-corrected chi connectivity index (χ3v) is 3.12. The summed E-state index contributed by atoms with van der Waals surface area (Å²) in [6, 6.07) is 5.80. The van der Waals surface area contributed by atoms with E-state index in [9.17, 15) is 0 Å². The molecule has 0 unspecified atom stereocenters. The van der Waals surface area contributed by atoms with E-state index in [1.54, 1.807) is 7.11 Å². The number of hydrogen-bond acceptors (Lipinski definition) is 4. The number of nitrogens with two attached hydrogens (primary N) is 1. The Bertz CT molecular complexity index is 347. The van der Waals surface area contributed by atoms with Crippen LogP contribution in [0.5, 0.6) is 5.75 Å². The fourth-order valence-electron chi connectivity index (χ4n) is 1.41. The number of methoxy groups -OCH3 is 1. The largest absolute Gasteiger partial charge is 0.491 e. The quantitative estimate of drug-likeness (QED) is 0.710. The van der Waals surface area contributed by atoms with Crippen molar-refractivity contribution in [3.8, 4) is 5.75 Å². The van der Waals surface area contributed by atoms with Crippen molar-refractivity contribution in [2.24, 2.45) is 5.73 Å². The van der Waals surface area contributed by atoms with Gasteiger partial charge in [-0.25, -0.2) is 0 Å². The lowest BCUT2D eigenvalue weighted by atomic mass is 10.2. The SMILES string of the molecule is COCCCOCCOc1ccc(CN)c(Br)c1. The predicted octanol–water partition coefficient (Wildman–Crippen LogP) is 2.34. The summed E-state index contributed by atoms with van der Waals surface area (Å²) < 4.78 is 16.9. The Morgan fingerprint density at radius 3 is 2.67 bits per heavy atom. The maximum absolute atomic E-state index is 5.58. The number of rotatable bonds is 9. The summed E-state index contributed by atoms with van der Waals surface area (Å²) in [5.74, 6) is 0.819. The average Bonchev–Trinajstić information content (AvgIpc) is 2.38. The van der Waals surface area contributed by atoms with Gasteiger partial charge in [0.1, 0.15) is 12.4 Å². The van der Waals surface area contributed by atoms with Crippen LogP contribution in [0, 0.1) is 0 Å². The van der Waals surface area contributed by atoms with Crippen molar-refractivity contribution in [3.63, 3.8) is 0 Å². The Balaban J connectivity index is 2.17. The zero-order valence-electron chi connectivity index (χ0n) is 10.7. The van der Waals surface area contributed by atoms with Gasteiger partial charge in [0.15, 0.2) is 0 Å². The molecule has 18 heavy (non-hydrogen) atoms. The minimum atomic E-state index is 0.517. The zero-order valence-corrected chi connectivity index (χ0v) is 12.2. The lowest BCUT2D eigenvalue weighted by Crippen LogP contribution is -2.08. The molecule has 4 nitrogen and oxygen atoms in total. The number of halogens is 1. The molecule has 0 aromatic heterocycles. The topological polar surface area (TPSA) is 53.7 Å². The highest BCUT2D eigenvalue weighted by Crippen LogP contribution is 2.22. The molecular formula is C13H20BrNO3. The fourth-order valence-corrected chi connectivity index (χ4v) is 1.93. The van der Waals surface area contributed by atoms with E-state index in [1.165, 1.54) is 0 Å². The number of hydrogen-bond donors (Lipinski definition) is 1. The molecule has 0 aliphatic rings. The van der Waals surface area contributed by atoms with E-state index >= 15 is 0 Å². The minimum absolute atomic E-state index is 0.517. The molecule has 0 atom stereocenters. The van der Waals surface area contributed by atoms with Crippen molar-refractivity contribution in [2.75, 3.05) is 33.5 Å². The molecule has 0 saturated carbocycles. The highest BCUT2D eigenvalue weighted by atomic mass is 79.9. The van der Waals surface area contributed by atoms with E-state index in [1.807, 2.05) is 18.2 Å². The second kappa shape index (κ2) is 9.33. The molecule has 0 radical (unpaired) electrons. The molecule has 0 amide bonds. The first-order valence-electron chi connectivity index (χ1n) is 5.96. The molecule has 0 fully saturated rings. The van der Waals surface area contributed by atoms with Gasteiger partial charge in [-0.15, -0.1) is 0 Å². The first kappa shape index (κ1) is 15.4.